The normalized spacial score (nSPS) is 20.6. The van der Waals surface area contributed by atoms with E-state index in [2.05, 4.69) is 0 Å². The number of hydrogen-bond donors (Lipinski definition) is 1. The van der Waals surface area contributed by atoms with Crippen molar-refractivity contribution in [3.63, 3.8) is 0 Å². The lowest BCUT2D eigenvalue weighted by Crippen LogP contribution is -2.25. The molecular formula is C5H9NO2. The molecule has 1 N–H and O–H groups in total. The van der Waals surface area contributed by atoms with Crippen molar-refractivity contribution in [2.45, 2.75) is 6.42 Å². The Kier molecular flexibility index (Phi) is 1.88. The summed E-state index contributed by atoms with van der Waals surface area (Å²) in [4.78, 5) is 4.83. The highest BCUT2D eigenvalue weighted by Crippen LogP contribution is 1.99. The molecule has 0 spiro atoms. The predicted octanol–water partition coefficient (Wildman–Crippen LogP) is 0.0872. The molecule has 0 amide bonds. The molecule has 3 heteroatoms. The van der Waals surface area contributed by atoms with E-state index in [0.29, 0.717) is 0 Å². The third-order valence-electron chi connectivity index (χ3n) is 1.01. The summed E-state index contributed by atoms with van der Waals surface area (Å²) in [7, 11) is 0. The van der Waals surface area contributed by atoms with Gasteiger partial charge in [-0.05, 0) is 12.5 Å². The van der Waals surface area contributed by atoms with Gasteiger partial charge in [0, 0.05) is 6.54 Å². The molecule has 1 aliphatic heterocycles. The van der Waals surface area contributed by atoms with Crippen LogP contribution in [0.15, 0.2) is 12.3 Å². The summed E-state index contributed by atoms with van der Waals surface area (Å²) in [5.41, 5.74) is 0. The fourth-order valence-corrected chi connectivity index (χ4v) is 0.572. The highest BCUT2D eigenvalue weighted by Gasteiger charge is 2.02. The first-order valence-corrected chi connectivity index (χ1v) is 2.61. The minimum absolute atomic E-state index is 0.0235. The van der Waals surface area contributed by atoms with Crippen molar-refractivity contribution in [3.05, 3.63) is 12.3 Å². The van der Waals surface area contributed by atoms with Crippen molar-refractivity contribution >= 4 is 0 Å². The monoisotopic (exact) mass is 115 g/mol. The largest absolute Gasteiger partial charge is 0.412 e. The summed E-state index contributed by atoms with van der Waals surface area (Å²) >= 11 is 0. The van der Waals surface area contributed by atoms with Gasteiger partial charge in [-0.3, -0.25) is 0 Å². The van der Waals surface area contributed by atoms with Crippen LogP contribution in [0.4, 0.5) is 0 Å². The number of rotatable bonds is 1. The average Bonchev–Trinajstić information content (AvgIpc) is 1.90. The van der Waals surface area contributed by atoms with Crippen LogP contribution >= 0.6 is 0 Å². The Bertz CT molecular complexity index is 92.4. The predicted molar refractivity (Wildman–Crippen MR) is 28.6 cm³/mol. The Morgan fingerprint density at radius 3 is 3.00 bits per heavy atom. The van der Waals surface area contributed by atoms with Crippen LogP contribution in [0.2, 0.25) is 0 Å². The van der Waals surface area contributed by atoms with E-state index in [0.717, 1.165) is 13.0 Å². The van der Waals surface area contributed by atoms with Crippen molar-refractivity contribution in [1.29, 1.82) is 0 Å². The van der Waals surface area contributed by atoms with Gasteiger partial charge in [0.2, 0.25) is 0 Å². The molecule has 3 nitrogen and oxygen atoms in total. The van der Waals surface area contributed by atoms with Crippen LogP contribution in [0.3, 0.4) is 0 Å². The van der Waals surface area contributed by atoms with Crippen LogP contribution < -0.4 is 0 Å². The quantitative estimate of drug-likeness (QED) is 0.525. The molecule has 0 aromatic heterocycles. The van der Waals surface area contributed by atoms with Crippen molar-refractivity contribution in [1.82, 2.24) is 5.06 Å². The van der Waals surface area contributed by atoms with E-state index >= 15 is 0 Å². The number of aliphatic hydroxyl groups excluding tert-OH is 1. The molecule has 0 aromatic carbocycles. The number of hydrogen-bond acceptors (Lipinski definition) is 3. The Balaban J connectivity index is 2.27. The van der Waals surface area contributed by atoms with Gasteiger partial charge >= 0.3 is 0 Å². The molecule has 1 aliphatic rings. The number of aliphatic hydroxyl groups is 1. The van der Waals surface area contributed by atoms with Crippen LogP contribution in [0.1, 0.15) is 6.42 Å². The van der Waals surface area contributed by atoms with E-state index in [9.17, 15) is 0 Å². The molecule has 0 aliphatic carbocycles. The van der Waals surface area contributed by atoms with E-state index < -0.39 is 0 Å². The zero-order valence-electron chi connectivity index (χ0n) is 4.58. The molecule has 0 saturated heterocycles. The smallest absolute Gasteiger partial charge is 0.129 e. The molecule has 46 valence electrons. The van der Waals surface area contributed by atoms with Gasteiger partial charge in [0.05, 0.1) is 0 Å². The van der Waals surface area contributed by atoms with Gasteiger partial charge in [0.15, 0.2) is 0 Å². The minimum atomic E-state index is -0.0235. The summed E-state index contributed by atoms with van der Waals surface area (Å²) < 4.78 is 0. The lowest BCUT2D eigenvalue weighted by atomic mass is 10.4. The van der Waals surface area contributed by atoms with Gasteiger partial charge in [-0.15, -0.1) is 5.06 Å². The Labute approximate surface area is 48.1 Å². The molecule has 0 aromatic rings. The maximum absolute atomic E-state index is 8.46. The highest BCUT2D eigenvalue weighted by atomic mass is 16.7. The van der Waals surface area contributed by atoms with Crippen molar-refractivity contribution in [3.8, 4) is 0 Å². The third kappa shape index (κ3) is 1.21. The van der Waals surface area contributed by atoms with Crippen molar-refractivity contribution < 1.29 is 9.94 Å². The van der Waals surface area contributed by atoms with Crippen LogP contribution in [0.5, 0.6) is 0 Å². The first-order valence-electron chi connectivity index (χ1n) is 2.61. The van der Waals surface area contributed by atoms with Crippen LogP contribution in [0, 0.1) is 0 Å². The molecule has 0 unspecified atom stereocenters. The fraction of sp³-hybridized carbons (Fsp3) is 0.600. The maximum Gasteiger partial charge on any atom is 0.129 e. The number of hydroxylamine groups is 2. The zero-order chi connectivity index (χ0) is 5.82. The molecule has 0 atom stereocenters. The molecule has 1 rings (SSSR count). The second-order valence-electron chi connectivity index (χ2n) is 1.61. The lowest BCUT2D eigenvalue weighted by Gasteiger charge is -2.19. The average molecular weight is 115 g/mol. The maximum atomic E-state index is 8.46. The minimum Gasteiger partial charge on any atom is -0.412 e. The van der Waals surface area contributed by atoms with Gasteiger partial charge in [-0.25, -0.2) is 0 Å². The summed E-state index contributed by atoms with van der Waals surface area (Å²) in [6.07, 6.45) is 4.46. The van der Waals surface area contributed by atoms with Crippen LogP contribution in [0.25, 0.3) is 0 Å². The summed E-state index contributed by atoms with van der Waals surface area (Å²) in [6.45, 7) is 0.761. The fourth-order valence-electron chi connectivity index (χ4n) is 0.572. The molecule has 0 fully saturated rings. The molecule has 1 heterocycles. The van der Waals surface area contributed by atoms with Gasteiger partial charge in [0.1, 0.15) is 13.0 Å². The molecule has 8 heavy (non-hydrogen) atoms. The SMILES string of the molecule is OCN1CCC=CO1. The van der Waals surface area contributed by atoms with Gasteiger partial charge in [-0.1, -0.05) is 0 Å². The van der Waals surface area contributed by atoms with E-state index in [4.69, 9.17) is 9.94 Å². The second kappa shape index (κ2) is 2.69. The molecular weight excluding hydrogens is 106 g/mol. The van der Waals surface area contributed by atoms with Crippen LogP contribution in [-0.4, -0.2) is 23.4 Å². The third-order valence-corrected chi connectivity index (χ3v) is 1.01. The zero-order valence-corrected chi connectivity index (χ0v) is 4.58. The Hall–Kier alpha value is -0.540. The molecule has 0 radical (unpaired) electrons. The van der Waals surface area contributed by atoms with Crippen molar-refractivity contribution in [2.75, 3.05) is 13.3 Å². The van der Waals surface area contributed by atoms with Gasteiger partial charge in [0.25, 0.3) is 0 Å². The summed E-state index contributed by atoms with van der Waals surface area (Å²) in [6, 6.07) is 0. The highest BCUT2D eigenvalue weighted by molar-refractivity contribution is 4.76. The summed E-state index contributed by atoms with van der Waals surface area (Å²) in [5, 5.41) is 9.94. The van der Waals surface area contributed by atoms with E-state index in [-0.39, 0.29) is 6.73 Å². The topological polar surface area (TPSA) is 32.7 Å². The second-order valence-corrected chi connectivity index (χ2v) is 1.61. The number of nitrogens with zero attached hydrogens (tertiary/aromatic N) is 1. The van der Waals surface area contributed by atoms with Gasteiger partial charge in [-0.2, -0.15) is 0 Å². The standard InChI is InChI=1S/C5H9NO2/c7-5-6-3-1-2-4-8-6/h2,4,7H,1,3,5H2. The summed E-state index contributed by atoms with van der Waals surface area (Å²) in [5.74, 6) is 0. The van der Waals surface area contributed by atoms with E-state index in [1.54, 1.807) is 6.26 Å². The van der Waals surface area contributed by atoms with Crippen LogP contribution in [-0.2, 0) is 4.84 Å². The first-order chi connectivity index (χ1) is 3.93. The molecule has 0 bridgehead atoms. The van der Waals surface area contributed by atoms with E-state index in [1.807, 2.05) is 6.08 Å². The first kappa shape index (κ1) is 5.59. The molecule has 0 saturated carbocycles. The lowest BCUT2D eigenvalue weighted by molar-refractivity contribution is -0.156. The van der Waals surface area contributed by atoms with Gasteiger partial charge < -0.3 is 9.94 Å². The van der Waals surface area contributed by atoms with E-state index in [1.165, 1.54) is 5.06 Å². The Morgan fingerprint density at radius 2 is 2.62 bits per heavy atom. The van der Waals surface area contributed by atoms with Crippen molar-refractivity contribution in [2.24, 2.45) is 0 Å². The Morgan fingerprint density at radius 1 is 1.75 bits per heavy atom.